The zero-order chi connectivity index (χ0) is 12.9. The number of hydrogen-bond donors (Lipinski definition) is 1. The van der Waals surface area contributed by atoms with E-state index in [1.807, 2.05) is 13.8 Å². The lowest BCUT2D eigenvalue weighted by Crippen LogP contribution is -2.07. The summed E-state index contributed by atoms with van der Waals surface area (Å²) in [5, 5.41) is 8.48. The summed E-state index contributed by atoms with van der Waals surface area (Å²) in [5.74, 6) is -0.892. The number of ether oxygens (including phenoxy) is 1. The van der Waals surface area contributed by atoms with Crippen LogP contribution in [0.25, 0.3) is 0 Å². The van der Waals surface area contributed by atoms with Crippen molar-refractivity contribution >= 4 is 5.97 Å². The lowest BCUT2D eigenvalue weighted by atomic mass is 10.2. The van der Waals surface area contributed by atoms with E-state index in [0.29, 0.717) is 12.2 Å². The molecule has 0 saturated carbocycles. The molecule has 0 aromatic heterocycles. The van der Waals surface area contributed by atoms with Gasteiger partial charge in [0, 0.05) is 12.2 Å². The zero-order valence-electron chi connectivity index (χ0n) is 9.95. The van der Waals surface area contributed by atoms with Crippen LogP contribution in [0.4, 0.5) is 0 Å². The van der Waals surface area contributed by atoms with Crippen molar-refractivity contribution in [2.24, 2.45) is 0 Å². The highest BCUT2D eigenvalue weighted by molar-refractivity contribution is 5.85. The Kier molecular flexibility index (Phi) is 19.4. The van der Waals surface area contributed by atoms with Crippen LogP contribution in [0.1, 0.15) is 20.8 Å². The highest BCUT2D eigenvalue weighted by Gasteiger charge is 2.02. The Balaban J connectivity index is -0.000000318. The van der Waals surface area contributed by atoms with E-state index >= 15 is 0 Å². The van der Waals surface area contributed by atoms with E-state index in [1.165, 1.54) is 0 Å². The maximum atomic E-state index is 10.3. The molecule has 0 aliphatic carbocycles. The van der Waals surface area contributed by atoms with Crippen LogP contribution < -0.4 is 0 Å². The van der Waals surface area contributed by atoms with Gasteiger partial charge in [0.25, 0.3) is 0 Å². The molecular weight excluding hydrogens is 192 g/mol. The van der Waals surface area contributed by atoms with Crippen LogP contribution in [0.5, 0.6) is 0 Å². The number of hydrogen-bond acceptors (Lipinski definition) is 2. The fourth-order valence-electron chi connectivity index (χ4n) is 0.734. The van der Waals surface area contributed by atoms with Gasteiger partial charge in [-0.3, -0.25) is 0 Å². The fraction of sp³-hybridized carbons (Fsp3) is 0.417. The summed E-state index contributed by atoms with van der Waals surface area (Å²) in [6.07, 6.45) is 1.47. The molecule has 0 bridgehead atoms. The summed E-state index contributed by atoms with van der Waals surface area (Å²) in [6, 6.07) is 0. The van der Waals surface area contributed by atoms with Gasteiger partial charge >= 0.3 is 5.97 Å². The predicted octanol–water partition coefficient (Wildman–Crippen LogP) is 3.05. The maximum Gasteiger partial charge on any atom is 0.331 e. The van der Waals surface area contributed by atoms with Crippen molar-refractivity contribution in [1.82, 2.24) is 0 Å². The Morgan fingerprint density at radius 2 is 1.80 bits per heavy atom. The molecule has 0 spiro atoms. The summed E-state index contributed by atoms with van der Waals surface area (Å²) in [4.78, 5) is 10.3. The first kappa shape index (κ1) is 19.3. The van der Waals surface area contributed by atoms with E-state index < -0.39 is 5.97 Å². The van der Waals surface area contributed by atoms with Crippen molar-refractivity contribution in [1.29, 1.82) is 0 Å². The first-order chi connectivity index (χ1) is 7.07. The van der Waals surface area contributed by atoms with Crippen molar-refractivity contribution in [3.05, 3.63) is 38.0 Å². The topological polar surface area (TPSA) is 46.5 Å². The quantitative estimate of drug-likeness (QED) is 0.578. The van der Waals surface area contributed by atoms with Crippen molar-refractivity contribution in [3.63, 3.8) is 0 Å². The molecule has 0 heterocycles. The zero-order valence-corrected chi connectivity index (χ0v) is 9.95. The van der Waals surface area contributed by atoms with E-state index in [1.54, 1.807) is 13.0 Å². The van der Waals surface area contributed by atoms with Gasteiger partial charge in [-0.15, -0.1) is 26.3 Å². The molecule has 1 atom stereocenters. The van der Waals surface area contributed by atoms with E-state index in [-0.39, 0.29) is 6.10 Å². The van der Waals surface area contributed by atoms with Gasteiger partial charge in [-0.2, -0.15) is 0 Å². The molecule has 0 amide bonds. The highest BCUT2D eigenvalue weighted by atomic mass is 16.5. The monoisotopic (exact) mass is 214 g/mol. The lowest BCUT2D eigenvalue weighted by molar-refractivity contribution is -0.132. The van der Waals surface area contributed by atoms with Crippen LogP contribution >= 0.6 is 0 Å². The Labute approximate surface area is 92.8 Å². The van der Waals surface area contributed by atoms with Crippen molar-refractivity contribution in [2.75, 3.05) is 6.61 Å². The van der Waals surface area contributed by atoms with Crippen LogP contribution in [-0.4, -0.2) is 23.8 Å². The second kappa shape index (κ2) is 15.1. The first-order valence-corrected chi connectivity index (χ1v) is 4.61. The minimum atomic E-state index is -0.892. The predicted molar refractivity (Wildman–Crippen MR) is 65.0 cm³/mol. The molecule has 0 radical (unpaired) electrons. The van der Waals surface area contributed by atoms with Gasteiger partial charge in [-0.1, -0.05) is 0 Å². The van der Waals surface area contributed by atoms with Crippen LogP contribution in [0.15, 0.2) is 38.0 Å². The third-order valence-electron chi connectivity index (χ3n) is 1.25. The van der Waals surface area contributed by atoms with Gasteiger partial charge in [-0.25, -0.2) is 4.79 Å². The maximum absolute atomic E-state index is 10.3. The van der Waals surface area contributed by atoms with Gasteiger partial charge in [0.2, 0.25) is 0 Å². The summed E-state index contributed by atoms with van der Waals surface area (Å²) in [7, 11) is 0. The van der Waals surface area contributed by atoms with Crippen LogP contribution in [0.3, 0.4) is 0 Å². The molecule has 0 aromatic rings. The van der Waals surface area contributed by atoms with E-state index in [9.17, 15) is 4.79 Å². The third-order valence-corrected chi connectivity index (χ3v) is 1.25. The third kappa shape index (κ3) is 15.4. The molecule has 15 heavy (non-hydrogen) atoms. The summed E-state index contributed by atoms with van der Waals surface area (Å²) >= 11 is 0. The SMILES string of the molecule is C=C.C=C.CCOC(C)C=C(C)C(=O)O. The summed E-state index contributed by atoms with van der Waals surface area (Å²) < 4.78 is 5.12. The van der Waals surface area contributed by atoms with E-state index in [4.69, 9.17) is 9.84 Å². The number of carboxylic acid groups (broad SMARTS) is 1. The normalized spacial score (nSPS) is 11.3. The lowest BCUT2D eigenvalue weighted by Gasteiger charge is -2.05. The molecule has 1 N–H and O–H groups in total. The molecule has 0 fully saturated rings. The fourth-order valence-corrected chi connectivity index (χ4v) is 0.734. The van der Waals surface area contributed by atoms with Crippen LogP contribution in [0, 0.1) is 0 Å². The van der Waals surface area contributed by atoms with Crippen molar-refractivity contribution in [2.45, 2.75) is 26.9 Å². The molecule has 3 nitrogen and oxygen atoms in total. The number of carbonyl (C=O) groups is 1. The van der Waals surface area contributed by atoms with Crippen LogP contribution in [-0.2, 0) is 9.53 Å². The van der Waals surface area contributed by atoms with E-state index in [2.05, 4.69) is 26.3 Å². The molecule has 0 rings (SSSR count). The molecule has 0 saturated heterocycles. The Hall–Kier alpha value is -1.35. The second-order valence-electron chi connectivity index (χ2n) is 2.32. The van der Waals surface area contributed by atoms with Gasteiger partial charge in [0.15, 0.2) is 0 Å². The standard InChI is InChI=1S/C8H14O3.2C2H4/c1-4-11-7(3)5-6(2)8(9)10;2*1-2/h5,7H,4H2,1-3H3,(H,9,10);2*1-2H2. The molecule has 1 unspecified atom stereocenters. The summed E-state index contributed by atoms with van der Waals surface area (Å²) in [5.41, 5.74) is 0.325. The van der Waals surface area contributed by atoms with Crippen LogP contribution in [0.2, 0.25) is 0 Å². The number of carboxylic acids is 1. The molecule has 0 aromatic carbocycles. The molecular formula is C12H22O3. The molecule has 88 valence electrons. The first-order valence-electron chi connectivity index (χ1n) is 4.61. The van der Waals surface area contributed by atoms with Gasteiger partial charge in [0.1, 0.15) is 0 Å². The Morgan fingerprint density at radius 3 is 2.07 bits per heavy atom. The van der Waals surface area contributed by atoms with Crippen molar-refractivity contribution < 1.29 is 14.6 Å². The van der Waals surface area contributed by atoms with E-state index in [0.717, 1.165) is 0 Å². The average molecular weight is 214 g/mol. The van der Waals surface area contributed by atoms with Gasteiger partial charge < -0.3 is 9.84 Å². The van der Waals surface area contributed by atoms with Crippen molar-refractivity contribution in [3.8, 4) is 0 Å². The largest absolute Gasteiger partial charge is 0.478 e. The second-order valence-corrected chi connectivity index (χ2v) is 2.32. The Morgan fingerprint density at radius 1 is 1.40 bits per heavy atom. The molecule has 0 aliphatic rings. The number of rotatable bonds is 4. The van der Waals surface area contributed by atoms with Gasteiger partial charge in [0.05, 0.1) is 6.10 Å². The summed E-state index contributed by atoms with van der Waals surface area (Å²) in [6.45, 7) is 17.8. The van der Waals surface area contributed by atoms with Gasteiger partial charge in [-0.05, 0) is 26.8 Å². The molecule has 0 aliphatic heterocycles. The minimum absolute atomic E-state index is 0.115. The Bertz CT molecular complexity index is 183. The smallest absolute Gasteiger partial charge is 0.331 e. The number of aliphatic carboxylic acids is 1. The molecule has 3 heteroatoms. The highest BCUT2D eigenvalue weighted by Crippen LogP contribution is 1.99. The average Bonchev–Trinajstić information content (AvgIpc) is 2.24. The minimum Gasteiger partial charge on any atom is -0.478 e.